The van der Waals surface area contributed by atoms with Crippen molar-refractivity contribution in [3.8, 4) is 0 Å². The van der Waals surface area contributed by atoms with Crippen molar-refractivity contribution >= 4 is 50.5 Å². The Kier molecular flexibility index (Phi) is 7.64. The monoisotopic (exact) mass is 518 g/mol. The second-order valence-corrected chi connectivity index (χ2v) is 10.5. The molecule has 2 aliphatic heterocycles. The van der Waals surface area contributed by atoms with Gasteiger partial charge in [-0.2, -0.15) is 0 Å². The molecule has 4 nitrogen and oxygen atoms in total. The summed E-state index contributed by atoms with van der Waals surface area (Å²) in [6, 6.07) is 11.9. The van der Waals surface area contributed by atoms with Crippen LogP contribution >= 0.6 is 23.5 Å². The summed E-state index contributed by atoms with van der Waals surface area (Å²) in [4.78, 5) is 0. The van der Waals surface area contributed by atoms with Gasteiger partial charge in [0.15, 0.2) is 12.1 Å². The van der Waals surface area contributed by atoms with E-state index in [9.17, 15) is 0 Å². The first kappa shape index (κ1) is 25.8. The van der Waals surface area contributed by atoms with Crippen LogP contribution in [0.5, 0.6) is 0 Å². The Labute approximate surface area is 216 Å². The van der Waals surface area contributed by atoms with E-state index in [0.717, 1.165) is 21.6 Å². The summed E-state index contributed by atoms with van der Waals surface area (Å²) < 4.78 is 4.59. The standard InChI is InChI=1S/C25H28N4S2.2ClH/c1-14(26)24-28(3)21(12-30-24)17-9-8-16-6-5-7-19-18(10-11-20(17)23(16)19)22-13-31-25(15(2)27)29(22)4;;/h5-11,18,21-22H,1-2,12-13,26-27H2,3-4H3;2*1H/q+2;;/p-2. The van der Waals surface area contributed by atoms with Crippen molar-refractivity contribution in [3.63, 3.8) is 0 Å². The van der Waals surface area contributed by atoms with Gasteiger partial charge in [0, 0.05) is 5.56 Å². The molecule has 33 heavy (non-hydrogen) atoms. The summed E-state index contributed by atoms with van der Waals surface area (Å²) in [6.45, 7) is 7.91. The molecule has 5 rings (SSSR count). The summed E-state index contributed by atoms with van der Waals surface area (Å²) in [7, 11) is 4.26. The van der Waals surface area contributed by atoms with E-state index in [2.05, 4.69) is 78.9 Å². The highest BCUT2D eigenvalue weighted by atomic mass is 35.5. The summed E-state index contributed by atoms with van der Waals surface area (Å²) in [5.41, 5.74) is 17.5. The molecule has 2 heterocycles. The van der Waals surface area contributed by atoms with Gasteiger partial charge < -0.3 is 36.3 Å². The maximum absolute atomic E-state index is 6.03. The first-order chi connectivity index (χ1) is 14.9. The van der Waals surface area contributed by atoms with E-state index in [1.165, 1.54) is 27.5 Å². The Morgan fingerprint density at radius 1 is 0.909 bits per heavy atom. The van der Waals surface area contributed by atoms with Gasteiger partial charge in [-0.15, -0.1) is 0 Å². The highest BCUT2D eigenvalue weighted by Gasteiger charge is 2.40. The number of hydrogen-bond donors (Lipinski definition) is 2. The predicted octanol–water partition coefficient (Wildman–Crippen LogP) is -2.11. The number of hydrogen-bond acceptors (Lipinski definition) is 4. The molecule has 2 aromatic rings. The fraction of sp³-hybridized carbons (Fsp3) is 0.280. The van der Waals surface area contributed by atoms with Crippen molar-refractivity contribution in [3.05, 3.63) is 77.7 Å². The third kappa shape index (κ3) is 4.12. The Morgan fingerprint density at radius 2 is 1.58 bits per heavy atom. The molecule has 0 saturated heterocycles. The van der Waals surface area contributed by atoms with Crippen molar-refractivity contribution < 1.29 is 34.0 Å². The lowest BCUT2D eigenvalue weighted by atomic mass is 9.80. The van der Waals surface area contributed by atoms with Crippen LogP contribution in [0.2, 0.25) is 0 Å². The number of nitrogens with two attached hydrogens (primary N) is 2. The van der Waals surface area contributed by atoms with Crippen molar-refractivity contribution in [1.82, 2.24) is 0 Å². The highest BCUT2D eigenvalue weighted by molar-refractivity contribution is 8.14. The molecule has 2 aromatic carbocycles. The number of thioether (sulfide) groups is 2. The van der Waals surface area contributed by atoms with Crippen molar-refractivity contribution in [2.45, 2.75) is 18.0 Å². The average Bonchev–Trinajstić information content (AvgIpc) is 3.32. The van der Waals surface area contributed by atoms with Crippen LogP contribution < -0.4 is 36.3 Å². The summed E-state index contributed by atoms with van der Waals surface area (Å²) in [5, 5.41) is 4.86. The van der Waals surface area contributed by atoms with Crippen molar-refractivity contribution in [2.75, 3.05) is 25.6 Å². The van der Waals surface area contributed by atoms with E-state index in [-0.39, 0.29) is 24.8 Å². The number of rotatable bonds is 4. The molecular formula is C25H28Cl2N4S2. The molecular weight excluding hydrogens is 491 g/mol. The average molecular weight is 520 g/mol. The molecule has 3 atom stereocenters. The molecule has 174 valence electrons. The smallest absolute Gasteiger partial charge is 0.257 e. The van der Waals surface area contributed by atoms with Gasteiger partial charge in [0.05, 0.1) is 17.4 Å². The Hall–Kier alpha value is -1.86. The van der Waals surface area contributed by atoms with Crippen LogP contribution in [0.1, 0.15) is 28.7 Å². The Morgan fingerprint density at radius 3 is 2.21 bits per heavy atom. The quantitative estimate of drug-likeness (QED) is 0.455. The first-order valence-electron chi connectivity index (χ1n) is 10.5. The highest BCUT2D eigenvalue weighted by Crippen LogP contribution is 2.43. The fourth-order valence-electron chi connectivity index (χ4n) is 5.16. The van der Waals surface area contributed by atoms with Gasteiger partial charge in [-0.1, -0.05) is 55.6 Å². The third-order valence-electron chi connectivity index (χ3n) is 6.68. The van der Waals surface area contributed by atoms with E-state index in [1.807, 2.05) is 11.8 Å². The maximum Gasteiger partial charge on any atom is 0.257 e. The van der Waals surface area contributed by atoms with E-state index >= 15 is 0 Å². The molecule has 8 heteroatoms. The molecule has 3 aliphatic rings. The number of benzene rings is 2. The molecule has 0 aromatic heterocycles. The normalized spacial score (nSPS) is 23.5. The van der Waals surface area contributed by atoms with E-state index < -0.39 is 0 Å². The molecule has 0 spiro atoms. The lowest BCUT2D eigenvalue weighted by Crippen LogP contribution is -3.00. The zero-order chi connectivity index (χ0) is 21.9. The largest absolute Gasteiger partial charge is 1.00 e. The topological polar surface area (TPSA) is 58.1 Å². The summed E-state index contributed by atoms with van der Waals surface area (Å²) in [6.07, 6.45) is 4.73. The van der Waals surface area contributed by atoms with Gasteiger partial charge in [-0.05, 0) is 45.4 Å². The summed E-state index contributed by atoms with van der Waals surface area (Å²) >= 11 is 3.60. The van der Waals surface area contributed by atoms with Gasteiger partial charge in [0.25, 0.3) is 10.1 Å². The maximum atomic E-state index is 6.03. The predicted molar refractivity (Wildman–Crippen MR) is 136 cm³/mol. The van der Waals surface area contributed by atoms with Crippen LogP contribution in [0, 0.1) is 0 Å². The number of nitrogens with zero attached hydrogens (tertiary/aromatic N) is 2. The SMILES string of the molecule is C=C(N)C1=[N+](C)C(c2ccc3cccc4c3c2C=CC4C2CSC(C(=C)N)=[N+]2C)CS1.[Cl-].[Cl-]. The van der Waals surface area contributed by atoms with Gasteiger partial charge in [0.1, 0.15) is 25.5 Å². The minimum atomic E-state index is 0. The first-order valence-corrected chi connectivity index (χ1v) is 12.4. The lowest BCUT2D eigenvalue weighted by Gasteiger charge is -2.25. The molecule has 0 bridgehead atoms. The molecule has 0 radical (unpaired) electrons. The molecule has 0 fully saturated rings. The zero-order valence-electron chi connectivity index (χ0n) is 18.7. The van der Waals surface area contributed by atoms with E-state index in [4.69, 9.17) is 11.5 Å². The number of likely N-dealkylation sites (N-methyl/N-ethyl adjacent to an activating group) is 1. The Bertz CT molecular complexity index is 1250. The van der Waals surface area contributed by atoms with Crippen LogP contribution in [0.25, 0.3) is 16.8 Å². The van der Waals surface area contributed by atoms with Gasteiger partial charge in [-0.25, -0.2) is 9.15 Å². The molecule has 0 saturated carbocycles. The van der Waals surface area contributed by atoms with E-state index in [0.29, 0.717) is 29.4 Å². The fourth-order valence-corrected chi connectivity index (χ4v) is 7.68. The van der Waals surface area contributed by atoms with Crippen LogP contribution in [0.3, 0.4) is 0 Å². The van der Waals surface area contributed by atoms with Crippen LogP contribution in [-0.2, 0) is 0 Å². The van der Waals surface area contributed by atoms with Crippen LogP contribution in [0.4, 0.5) is 0 Å². The second kappa shape index (κ2) is 9.79. The second-order valence-electron chi connectivity index (χ2n) is 8.49. The number of halogens is 2. The van der Waals surface area contributed by atoms with Crippen LogP contribution in [-0.4, -0.2) is 50.9 Å². The molecule has 1 aliphatic carbocycles. The minimum absolute atomic E-state index is 0. The lowest BCUT2D eigenvalue weighted by molar-refractivity contribution is -0.532. The Balaban J connectivity index is 0.00000153. The molecule has 3 unspecified atom stereocenters. The van der Waals surface area contributed by atoms with Gasteiger partial charge >= 0.3 is 0 Å². The zero-order valence-corrected chi connectivity index (χ0v) is 21.9. The summed E-state index contributed by atoms with van der Waals surface area (Å²) in [5.74, 6) is 2.32. The van der Waals surface area contributed by atoms with Gasteiger partial charge in [-0.3, -0.25) is 0 Å². The van der Waals surface area contributed by atoms with Crippen molar-refractivity contribution in [1.29, 1.82) is 0 Å². The van der Waals surface area contributed by atoms with Crippen molar-refractivity contribution in [2.24, 2.45) is 11.5 Å². The third-order valence-corrected chi connectivity index (χ3v) is 9.32. The van der Waals surface area contributed by atoms with Crippen LogP contribution in [0.15, 0.2) is 61.0 Å². The molecule has 0 amide bonds. The van der Waals surface area contributed by atoms with E-state index in [1.54, 1.807) is 11.8 Å². The minimum Gasteiger partial charge on any atom is -1.00 e. The molecule has 4 N–H and O–H groups in total. The van der Waals surface area contributed by atoms with Gasteiger partial charge in [0.2, 0.25) is 0 Å².